The van der Waals surface area contributed by atoms with E-state index >= 15 is 0 Å². The van der Waals surface area contributed by atoms with Crippen molar-refractivity contribution in [2.75, 3.05) is 5.32 Å². The van der Waals surface area contributed by atoms with Crippen LogP contribution in [0.15, 0.2) is 41.1 Å². The fourth-order valence-electron chi connectivity index (χ4n) is 2.16. The zero-order valence-electron chi connectivity index (χ0n) is 12.6. The molecular formula is C15H14F2N4O2S. The van der Waals surface area contributed by atoms with Crippen molar-refractivity contribution in [1.29, 1.82) is 0 Å². The van der Waals surface area contributed by atoms with Crippen LogP contribution in [-0.4, -0.2) is 22.0 Å². The average molecular weight is 352 g/mol. The highest BCUT2D eigenvalue weighted by Crippen LogP contribution is 2.29. The maximum atomic E-state index is 12.2. The number of nitrogens with zero attached hydrogens (tertiary/aromatic N) is 3. The lowest BCUT2D eigenvalue weighted by atomic mass is 10.0. The molecule has 1 atom stereocenters. The van der Waals surface area contributed by atoms with E-state index in [9.17, 15) is 8.78 Å². The van der Waals surface area contributed by atoms with Crippen molar-refractivity contribution in [3.05, 3.63) is 42.2 Å². The van der Waals surface area contributed by atoms with Crippen molar-refractivity contribution in [1.82, 2.24) is 15.4 Å². The summed E-state index contributed by atoms with van der Waals surface area (Å²) in [5, 5.41) is 16.6. The topological polar surface area (TPSA) is 73.1 Å². The molecule has 0 bridgehead atoms. The van der Waals surface area contributed by atoms with Gasteiger partial charge in [0.05, 0.1) is 6.04 Å². The van der Waals surface area contributed by atoms with Gasteiger partial charge in [0.1, 0.15) is 17.7 Å². The predicted octanol–water partition coefficient (Wildman–Crippen LogP) is 4.36. The van der Waals surface area contributed by atoms with Crippen LogP contribution in [0.3, 0.4) is 0 Å². The minimum absolute atomic E-state index is 0.0243. The van der Waals surface area contributed by atoms with Gasteiger partial charge in [-0.2, -0.15) is 8.78 Å². The third kappa shape index (κ3) is 3.85. The summed E-state index contributed by atoms with van der Waals surface area (Å²) in [6, 6.07) is 8.23. The zero-order chi connectivity index (χ0) is 16.9. The zero-order valence-corrected chi connectivity index (χ0v) is 13.5. The van der Waals surface area contributed by atoms with Gasteiger partial charge >= 0.3 is 6.61 Å². The van der Waals surface area contributed by atoms with Crippen molar-refractivity contribution < 1.29 is 18.0 Å². The van der Waals surface area contributed by atoms with Crippen LogP contribution >= 0.6 is 11.3 Å². The molecule has 1 N–H and O–H groups in total. The standard InChI is InChI=1S/C15H14F2N4O2S/c1-2-11(9-3-5-10(6-4-9)23-14(16)17)18-15-20-19-13(24-15)12-7-8-22-21-12/h3-8,11,14H,2H2,1H3,(H,18,20). The maximum absolute atomic E-state index is 12.2. The van der Waals surface area contributed by atoms with E-state index in [0.29, 0.717) is 15.8 Å². The van der Waals surface area contributed by atoms with Gasteiger partial charge in [0, 0.05) is 6.07 Å². The number of hydrogen-bond donors (Lipinski definition) is 1. The number of ether oxygens (including phenoxy) is 1. The van der Waals surface area contributed by atoms with Gasteiger partial charge in [-0.1, -0.05) is 35.5 Å². The number of nitrogens with one attached hydrogen (secondary N) is 1. The molecule has 3 aromatic rings. The van der Waals surface area contributed by atoms with Crippen LogP contribution < -0.4 is 10.1 Å². The Balaban J connectivity index is 1.70. The average Bonchev–Trinajstić information content (AvgIpc) is 3.24. The van der Waals surface area contributed by atoms with E-state index in [4.69, 9.17) is 4.52 Å². The summed E-state index contributed by atoms with van der Waals surface area (Å²) < 4.78 is 33.5. The van der Waals surface area contributed by atoms with E-state index in [-0.39, 0.29) is 11.8 Å². The van der Waals surface area contributed by atoms with Crippen molar-refractivity contribution in [3.63, 3.8) is 0 Å². The van der Waals surface area contributed by atoms with Crippen LogP contribution in [0, 0.1) is 0 Å². The highest BCUT2D eigenvalue weighted by molar-refractivity contribution is 7.18. The highest BCUT2D eigenvalue weighted by atomic mass is 32.1. The van der Waals surface area contributed by atoms with E-state index in [0.717, 1.165) is 12.0 Å². The van der Waals surface area contributed by atoms with Gasteiger partial charge < -0.3 is 14.6 Å². The van der Waals surface area contributed by atoms with Crippen LogP contribution in [0.1, 0.15) is 24.9 Å². The first kappa shape index (κ1) is 16.3. The number of alkyl halides is 2. The lowest BCUT2D eigenvalue weighted by Crippen LogP contribution is -2.09. The molecule has 1 aromatic carbocycles. The van der Waals surface area contributed by atoms with E-state index < -0.39 is 6.61 Å². The molecule has 0 aliphatic rings. The number of benzene rings is 1. The molecule has 0 radical (unpaired) electrons. The summed E-state index contributed by atoms with van der Waals surface area (Å²) in [5.74, 6) is 0.132. The van der Waals surface area contributed by atoms with Crippen LogP contribution in [0.4, 0.5) is 13.9 Å². The van der Waals surface area contributed by atoms with Gasteiger partial charge in [0.15, 0.2) is 5.01 Å². The molecule has 0 saturated carbocycles. The van der Waals surface area contributed by atoms with Crippen LogP contribution in [0.2, 0.25) is 0 Å². The lowest BCUT2D eigenvalue weighted by Gasteiger charge is -2.16. The largest absolute Gasteiger partial charge is 0.435 e. The normalized spacial score (nSPS) is 12.3. The third-order valence-electron chi connectivity index (χ3n) is 3.30. The second-order valence-corrected chi connectivity index (χ2v) is 5.83. The minimum Gasteiger partial charge on any atom is -0.435 e. The van der Waals surface area contributed by atoms with Crippen LogP contribution in [-0.2, 0) is 0 Å². The molecule has 9 heteroatoms. The van der Waals surface area contributed by atoms with Gasteiger partial charge in [0.25, 0.3) is 0 Å². The molecule has 0 spiro atoms. The first-order valence-corrected chi connectivity index (χ1v) is 8.03. The second kappa shape index (κ2) is 7.35. The van der Waals surface area contributed by atoms with E-state index in [1.54, 1.807) is 18.2 Å². The second-order valence-electron chi connectivity index (χ2n) is 4.85. The molecule has 2 aromatic heterocycles. The molecule has 1 unspecified atom stereocenters. The van der Waals surface area contributed by atoms with Gasteiger partial charge in [-0.3, -0.25) is 0 Å². The summed E-state index contributed by atoms with van der Waals surface area (Å²) in [5.41, 5.74) is 1.57. The Kier molecular flexibility index (Phi) is 4.99. The summed E-state index contributed by atoms with van der Waals surface area (Å²) in [7, 11) is 0. The molecule has 3 rings (SSSR count). The molecule has 0 aliphatic heterocycles. The van der Waals surface area contributed by atoms with Gasteiger partial charge in [-0.15, -0.1) is 10.2 Å². The summed E-state index contributed by atoms with van der Waals surface area (Å²) in [6.07, 6.45) is 2.26. The summed E-state index contributed by atoms with van der Waals surface area (Å²) in [6.45, 7) is -0.812. The van der Waals surface area contributed by atoms with Gasteiger partial charge in [-0.05, 0) is 24.1 Å². The Labute approximate surface area is 140 Å². The molecule has 6 nitrogen and oxygen atoms in total. The molecule has 0 saturated heterocycles. The smallest absolute Gasteiger partial charge is 0.387 e. The maximum Gasteiger partial charge on any atom is 0.387 e. The molecule has 0 amide bonds. The van der Waals surface area contributed by atoms with E-state index in [1.165, 1.54) is 29.7 Å². The first-order chi connectivity index (χ1) is 11.7. The fourth-order valence-corrected chi connectivity index (χ4v) is 2.92. The Bertz CT molecular complexity index is 762. The van der Waals surface area contributed by atoms with Crippen molar-refractivity contribution in [3.8, 4) is 16.5 Å². The Morgan fingerprint density at radius 3 is 2.62 bits per heavy atom. The molecule has 0 fully saturated rings. The number of anilines is 1. The lowest BCUT2D eigenvalue weighted by molar-refractivity contribution is -0.0498. The van der Waals surface area contributed by atoms with Crippen molar-refractivity contribution >= 4 is 16.5 Å². The van der Waals surface area contributed by atoms with Gasteiger partial charge in [-0.25, -0.2) is 0 Å². The summed E-state index contributed by atoms with van der Waals surface area (Å²) >= 11 is 1.36. The molecule has 0 aliphatic carbocycles. The number of halogens is 2. The number of rotatable bonds is 7. The van der Waals surface area contributed by atoms with Crippen molar-refractivity contribution in [2.45, 2.75) is 26.0 Å². The number of hydrogen-bond acceptors (Lipinski definition) is 7. The molecular weight excluding hydrogens is 338 g/mol. The Morgan fingerprint density at radius 2 is 2.00 bits per heavy atom. The van der Waals surface area contributed by atoms with E-state index in [1.807, 2.05) is 6.92 Å². The Morgan fingerprint density at radius 1 is 1.21 bits per heavy atom. The highest BCUT2D eigenvalue weighted by Gasteiger charge is 2.14. The van der Waals surface area contributed by atoms with Crippen LogP contribution in [0.5, 0.6) is 5.75 Å². The summed E-state index contributed by atoms with van der Waals surface area (Å²) in [4.78, 5) is 0. The quantitative estimate of drug-likeness (QED) is 0.681. The van der Waals surface area contributed by atoms with Gasteiger partial charge in [0.2, 0.25) is 5.13 Å². The van der Waals surface area contributed by atoms with Crippen molar-refractivity contribution in [2.24, 2.45) is 0 Å². The fraction of sp³-hybridized carbons (Fsp3) is 0.267. The third-order valence-corrected chi connectivity index (χ3v) is 4.17. The SMILES string of the molecule is CCC(Nc1nnc(-c2ccon2)s1)c1ccc(OC(F)F)cc1. The first-order valence-electron chi connectivity index (χ1n) is 7.21. The minimum atomic E-state index is -2.83. The molecule has 2 heterocycles. The van der Waals surface area contributed by atoms with Crippen LogP contribution in [0.25, 0.3) is 10.7 Å². The monoisotopic (exact) mass is 352 g/mol. The Hall–Kier alpha value is -2.55. The molecule has 126 valence electrons. The van der Waals surface area contributed by atoms with E-state index in [2.05, 4.69) is 25.4 Å². The molecule has 24 heavy (non-hydrogen) atoms. The number of aromatic nitrogens is 3. The predicted molar refractivity (Wildman–Crippen MR) is 85.1 cm³/mol.